The Morgan fingerprint density at radius 2 is 1.93 bits per heavy atom. The molecule has 1 saturated heterocycles. The van der Waals surface area contributed by atoms with Crippen LogP contribution in [0.3, 0.4) is 0 Å². The molecule has 0 unspecified atom stereocenters. The number of carbonyl (C=O) groups excluding carboxylic acids is 3. The van der Waals surface area contributed by atoms with Gasteiger partial charge in [0.05, 0.1) is 11.4 Å². The van der Waals surface area contributed by atoms with Crippen LogP contribution < -0.4 is 10.6 Å². The second-order valence-electron chi connectivity index (χ2n) is 6.69. The number of rotatable bonds is 6. The van der Waals surface area contributed by atoms with Crippen LogP contribution in [0.15, 0.2) is 41.8 Å². The summed E-state index contributed by atoms with van der Waals surface area (Å²) >= 11 is 1.44. The maximum Gasteiger partial charge on any atom is 0.261 e. The van der Waals surface area contributed by atoms with Gasteiger partial charge in [-0.3, -0.25) is 19.3 Å². The lowest BCUT2D eigenvalue weighted by molar-refractivity contribution is -0.117. The van der Waals surface area contributed by atoms with Crippen LogP contribution in [-0.4, -0.2) is 48.2 Å². The lowest BCUT2D eigenvalue weighted by Crippen LogP contribution is -2.46. The fourth-order valence-corrected chi connectivity index (χ4v) is 3.75. The maximum absolute atomic E-state index is 12.3. The fourth-order valence-electron chi connectivity index (χ4n) is 3.12. The highest BCUT2D eigenvalue weighted by Crippen LogP contribution is 2.15. The number of likely N-dealkylation sites (tertiary alicyclic amines) is 1. The Kier molecular flexibility index (Phi) is 6.36. The second-order valence-corrected chi connectivity index (χ2v) is 7.63. The predicted molar refractivity (Wildman–Crippen MR) is 106 cm³/mol. The summed E-state index contributed by atoms with van der Waals surface area (Å²) in [5, 5.41) is 7.80. The molecule has 142 valence electrons. The largest absolute Gasteiger partial charge is 0.349 e. The number of hydrogen-bond donors (Lipinski definition) is 2. The van der Waals surface area contributed by atoms with Gasteiger partial charge in [0.1, 0.15) is 0 Å². The molecular formula is C20H23N3O3S. The summed E-state index contributed by atoms with van der Waals surface area (Å²) in [5.41, 5.74) is 1.21. The van der Waals surface area contributed by atoms with E-state index in [4.69, 9.17) is 0 Å². The molecule has 2 N–H and O–H groups in total. The van der Waals surface area contributed by atoms with E-state index in [9.17, 15) is 14.4 Å². The van der Waals surface area contributed by atoms with Gasteiger partial charge in [-0.15, -0.1) is 11.3 Å². The van der Waals surface area contributed by atoms with Crippen LogP contribution >= 0.6 is 11.3 Å². The molecule has 7 heteroatoms. The quantitative estimate of drug-likeness (QED) is 0.750. The number of thiophene rings is 1. The summed E-state index contributed by atoms with van der Waals surface area (Å²) in [4.78, 5) is 38.6. The average Bonchev–Trinajstić information content (AvgIpc) is 3.18. The third kappa shape index (κ3) is 5.48. The first-order valence-electron chi connectivity index (χ1n) is 8.99. The minimum absolute atomic E-state index is 0.0217. The Hall–Kier alpha value is -2.51. The van der Waals surface area contributed by atoms with E-state index in [2.05, 4.69) is 15.5 Å². The number of benzene rings is 1. The number of hydrogen-bond acceptors (Lipinski definition) is 5. The smallest absolute Gasteiger partial charge is 0.261 e. The number of ketones is 1. The van der Waals surface area contributed by atoms with E-state index in [1.165, 1.54) is 18.3 Å². The van der Waals surface area contributed by atoms with Crippen LogP contribution in [0.2, 0.25) is 0 Å². The van der Waals surface area contributed by atoms with Crippen molar-refractivity contribution in [3.8, 4) is 0 Å². The number of amides is 2. The first-order valence-corrected chi connectivity index (χ1v) is 9.87. The van der Waals surface area contributed by atoms with E-state index in [1.807, 2.05) is 17.5 Å². The SMILES string of the molecule is CC(=O)c1cccc(NC(=O)CN2CCC(NC(=O)c3cccs3)CC2)c1. The second kappa shape index (κ2) is 8.92. The maximum atomic E-state index is 12.3. The summed E-state index contributed by atoms with van der Waals surface area (Å²) < 4.78 is 0. The van der Waals surface area contributed by atoms with E-state index in [0.29, 0.717) is 17.8 Å². The topological polar surface area (TPSA) is 78.5 Å². The molecule has 2 aromatic rings. The molecule has 6 nitrogen and oxygen atoms in total. The van der Waals surface area contributed by atoms with Crippen molar-refractivity contribution in [1.82, 2.24) is 10.2 Å². The molecule has 0 spiro atoms. The van der Waals surface area contributed by atoms with Crippen molar-refractivity contribution in [2.75, 3.05) is 25.0 Å². The van der Waals surface area contributed by atoms with E-state index in [0.717, 1.165) is 30.8 Å². The van der Waals surface area contributed by atoms with Crippen LogP contribution in [0.25, 0.3) is 0 Å². The van der Waals surface area contributed by atoms with Gasteiger partial charge < -0.3 is 10.6 Å². The molecule has 3 rings (SSSR count). The Bertz CT molecular complexity index is 812. The zero-order valence-corrected chi connectivity index (χ0v) is 16.1. The summed E-state index contributed by atoms with van der Waals surface area (Å²) in [7, 11) is 0. The van der Waals surface area contributed by atoms with Gasteiger partial charge in [0.2, 0.25) is 5.91 Å². The molecule has 1 aromatic heterocycles. The van der Waals surface area contributed by atoms with Gasteiger partial charge >= 0.3 is 0 Å². The molecule has 27 heavy (non-hydrogen) atoms. The number of nitrogens with one attached hydrogen (secondary N) is 2. The number of piperidine rings is 1. The zero-order chi connectivity index (χ0) is 19.2. The van der Waals surface area contributed by atoms with Gasteiger partial charge in [-0.1, -0.05) is 18.2 Å². The molecule has 0 saturated carbocycles. The molecule has 1 aliphatic rings. The Morgan fingerprint density at radius 3 is 2.59 bits per heavy atom. The van der Waals surface area contributed by atoms with Gasteiger partial charge in [-0.25, -0.2) is 0 Å². The van der Waals surface area contributed by atoms with Crippen LogP contribution in [-0.2, 0) is 4.79 Å². The molecule has 1 aromatic carbocycles. The summed E-state index contributed by atoms with van der Waals surface area (Å²) in [6.07, 6.45) is 1.65. The lowest BCUT2D eigenvalue weighted by Gasteiger charge is -2.31. The minimum Gasteiger partial charge on any atom is -0.349 e. The van der Waals surface area contributed by atoms with Gasteiger partial charge in [0.15, 0.2) is 5.78 Å². The Morgan fingerprint density at radius 1 is 1.15 bits per heavy atom. The number of Topliss-reactive ketones (excluding diaryl/α,β-unsaturated/α-hetero) is 1. The van der Waals surface area contributed by atoms with Crippen LogP contribution in [0.4, 0.5) is 5.69 Å². The molecule has 2 amide bonds. The van der Waals surface area contributed by atoms with Crippen molar-refractivity contribution in [3.63, 3.8) is 0 Å². The van der Waals surface area contributed by atoms with Crippen molar-refractivity contribution in [2.24, 2.45) is 0 Å². The van der Waals surface area contributed by atoms with Crippen molar-refractivity contribution < 1.29 is 14.4 Å². The van der Waals surface area contributed by atoms with Gasteiger partial charge in [-0.05, 0) is 43.3 Å². The first-order chi connectivity index (χ1) is 13.0. The van der Waals surface area contributed by atoms with E-state index in [-0.39, 0.29) is 23.6 Å². The molecular weight excluding hydrogens is 362 g/mol. The van der Waals surface area contributed by atoms with E-state index in [1.54, 1.807) is 24.3 Å². The molecule has 0 bridgehead atoms. The summed E-state index contributed by atoms with van der Waals surface area (Å²) in [6, 6.07) is 10.8. The van der Waals surface area contributed by atoms with Crippen molar-refractivity contribution in [2.45, 2.75) is 25.8 Å². The summed E-state index contributed by atoms with van der Waals surface area (Å²) in [5.74, 6) is -0.152. The highest BCUT2D eigenvalue weighted by atomic mass is 32.1. The van der Waals surface area contributed by atoms with Crippen molar-refractivity contribution >= 4 is 34.6 Å². The highest BCUT2D eigenvalue weighted by Gasteiger charge is 2.22. The van der Waals surface area contributed by atoms with Gasteiger partial charge in [0.25, 0.3) is 5.91 Å². The average molecular weight is 385 g/mol. The van der Waals surface area contributed by atoms with E-state index < -0.39 is 0 Å². The predicted octanol–water partition coefficient (Wildman–Crippen LogP) is 2.78. The van der Waals surface area contributed by atoms with Gasteiger partial charge in [-0.2, -0.15) is 0 Å². The normalized spacial score (nSPS) is 15.3. The van der Waals surface area contributed by atoms with Crippen LogP contribution in [0.5, 0.6) is 0 Å². The number of carbonyl (C=O) groups is 3. The third-order valence-electron chi connectivity index (χ3n) is 4.59. The molecule has 1 aliphatic heterocycles. The minimum atomic E-state index is -0.100. The zero-order valence-electron chi connectivity index (χ0n) is 15.2. The van der Waals surface area contributed by atoms with Crippen LogP contribution in [0, 0.1) is 0 Å². The first kappa shape index (κ1) is 19.3. The Labute approximate surface area is 162 Å². The molecule has 2 heterocycles. The monoisotopic (exact) mass is 385 g/mol. The number of nitrogens with zero attached hydrogens (tertiary/aromatic N) is 1. The van der Waals surface area contributed by atoms with E-state index >= 15 is 0 Å². The molecule has 1 fully saturated rings. The van der Waals surface area contributed by atoms with Crippen LogP contribution in [0.1, 0.15) is 39.8 Å². The van der Waals surface area contributed by atoms with Crippen molar-refractivity contribution in [1.29, 1.82) is 0 Å². The molecule has 0 aliphatic carbocycles. The summed E-state index contributed by atoms with van der Waals surface area (Å²) in [6.45, 7) is 3.32. The third-order valence-corrected chi connectivity index (χ3v) is 5.46. The standard InChI is InChI=1S/C20H23N3O3S/c1-14(24)15-4-2-5-17(12-15)21-19(25)13-23-9-7-16(8-10-23)22-20(26)18-6-3-11-27-18/h2-6,11-12,16H,7-10,13H2,1H3,(H,21,25)(H,22,26). The number of anilines is 1. The lowest BCUT2D eigenvalue weighted by atomic mass is 10.0. The molecule has 0 radical (unpaired) electrons. The van der Waals surface area contributed by atoms with Crippen molar-refractivity contribution in [3.05, 3.63) is 52.2 Å². The molecule has 0 atom stereocenters. The fraction of sp³-hybridized carbons (Fsp3) is 0.350. The Balaban J connectivity index is 1.43. The highest BCUT2D eigenvalue weighted by molar-refractivity contribution is 7.12. The van der Waals surface area contributed by atoms with Gasteiger partial charge in [0, 0.05) is 30.4 Å².